The summed E-state index contributed by atoms with van der Waals surface area (Å²) in [4.78, 5) is 11.3. The maximum Gasteiger partial charge on any atom is 0.222 e. The van der Waals surface area contributed by atoms with Gasteiger partial charge in [-0.2, -0.15) is 4.98 Å². The van der Waals surface area contributed by atoms with E-state index in [1.165, 1.54) is 0 Å². The molecule has 8 heteroatoms. The lowest BCUT2D eigenvalue weighted by atomic mass is 9.87. The van der Waals surface area contributed by atoms with E-state index in [1.54, 1.807) is 0 Å². The van der Waals surface area contributed by atoms with E-state index in [-0.39, 0.29) is 6.04 Å². The van der Waals surface area contributed by atoms with Crippen LogP contribution in [0.4, 0.5) is 17.5 Å². The summed E-state index contributed by atoms with van der Waals surface area (Å²) < 4.78 is 11.2. The van der Waals surface area contributed by atoms with Gasteiger partial charge < -0.3 is 25.4 Å². The number of fused-ring (bicyclic) bond motifs is 6. The van der Waals surface area contributed by atoms with Crippen LogP contribution in [0.25, 0.3) is 11.1 Å². The number of hydrogen-bond acceptors (Lipinski definition) is 7. The van der Waals surface area contributed by atoms with Crippen LogP contribution in [-0.2, 0) is 9.47 Å². The lowest BCUT2D eigenvalue weighted by Crippen LogP contribution is -2.41. The van der Waals surface area contributed by atoms with Crippen LogP contribution < -0.4 is 16.0 Å². The molecule has 0 amide bonds. The van der Waals surface area contributed by atoms with Crippen LogP contribution in [0.15, 0.2) is 12.1 Å². The van der Waals surface area contributed by atoms with Crippen molar-refractivity contribution in [3.63, 3.8) is 0 Å². The van der Waals surface area contributed by atoms with Crippen molar-refractivity contribution in [2.45, 2.75) is 25.4 Å². The normalized spacial score (nSPS) is 21.6. The number of nitrogen functional groups attached to an aromatic ring is 1. The largest absolute Gasteiger partial charge is 0.379 e. The highest BCUT2D eigenvalue weighted by molar-refractivity contribution is 6.32. The fourth-order valence-electron chi connectivity index (χ4n) is 4.20. The highest BCUT2D eigenvalue weighted by Gasteiger charge is 2.38. The van der Waals surface area contributed by atoms with Crippen LogP contribution in [0.2, 0.25) is 5.02 Å². The SMILES string of the molecule is Cc1nc(N)nc2c1-c1c(NC3COC3)ccc(Cl)c1C1COCCCN21. The minimum atomic E-state index is 0.00981. The van der Waals surface area contributed by atoms with Gasteiger partial charge in [0.05, 0.1) is 37.6 Å². The van der Waals surface area contributed by atoms with Gasteiger partial charge in [0, 0.05) is 40.6 Å². The molecular formula is C19H22ClN5O2. The molecule has 1 aromatic heterocycles. The Morgan fingerprint density at radius 3 is 2.81 bits per heavy atom. The highest BCUT2D eigenvalue weighted by Crippen LogP contribution is 2.51. The molecular weight excluding hydrogens is 366 g/mol. The summed E-state index contributed by atoms with van der Waals surface area (Å²) in [7, 11) is 0. The number of hydrogen-bond donors (Lipinski definition) is 2. The van der Waals surface area contributed by atoms with Crippen molar-refractivity contribution >= 4 is 29.1 Å². The van der Waals surface area contributed by atoms with Crippen molar-refractivity contribution in [1.82, 2.24) is 9.97 Å². The third-order valence-electron chi connectivity index (χ3n) is 5.47. The molecule has 3 N–H and O–H groups in total. The van der Waals surface area contributed by atoms with Gasteiger partial charge in [0.25, 0.3) is 0 Å². The number of nitrogens with two attached hydrogens (primary N) is 1. The summed E-state index contributed by atoms with van der Waals surface area (Å²) in [6.45, 7) is 5.54. The third kappa shape index (κ3) is 2.72. The minimum Gasteiger partial charge on any atom is -0.379 e. The van der Waals surface area contributed by atoms with Gasteiger partial charge in [0.15, 0.2) is 0 Å². The molecule has 1 aromatic carbocycles. The Kier molecular flexibility index (Phi) is 4.11. The second kappa shape index (κ2) is 6.51. The van der Waals surface area contributed by atoms with E-state index in [1.807, 2.05) is 19.1 Å². The highest BCUT2D eigenvalue weighted by atomic mass is 35.5. The molecule has 0 saturated carbocycles. The zero-order chi connectivity index (χ0) is 18.5. The predicted octanol–water partition coefficient (Wildman–Crippen LogP) is 2.78. The van der Waals surface area contributed by atoms with E-state index >= 15 is 0 Å². The fourth-order valence-corrected chi connectivity index (χ4v) is 4.48. The summed E-state index contributed by atoms with van der Waals surface area (Å²) >= 11 is 6.72. The lowest BCUT2D eigenvalue weighted by molar-refractivity contribution is 0.0211. The van der Waals surface area contributed by atoms with E-state index in [0.717, 1.165) is 58.5 Å². The first-order valence-corrected chi connectivity index (χ1v) is 9.67. The molecule has 0 aliphatic carbocycles. The van der Waals surface area contributed by atoms with Gasteiger partial charge in [-0.25, -0.2) is 4.98 Å². The standard InChI is InChI=1S/C19H22ClN5O2/c1-10-15-17-13(23-11-7-27-8-11)4-3-12(20)16(17)14-9-26-6-2-5-25(14)18(15)24-19(21)22-10/h3-4,11,14,23H,2,5-9H2,1H3,(H2,21,22,24). The number of nitrogens with one attached hydrogen (secondary N) is 1. The average Bonchev–Trinajstić information content (AvgIpc) is 2.85. The number of rotatable bonds is 2. The Morgan fingerprint density at radius 2 is 2.04 bits per heavy atom. The molecule has 2 aromatic rings. The predicted molar refractivity (Wildman–Crippen MR) is 105 cm³/mol. The number of aryl methyl sites for hydroxylation is 1. The Balaban J connectivity index is 1.76. The molecule has 0 spiro atoms. The minimum absolute atomic E-state index is 0.00981. The van der Waals surface area contributed by atoms with Crippen molar-refractivity contribution in [3.05, 3.63) is 28.4 Å². The van der Waals surface area contributed by atoms with Gasteiger partial charge in [-0.15, -0.1) is 0 Å². The Bertz CT molecular complexity index is 902. The maximum absolute atomic E-state index is 6.72. The van der Waals surface area contributed by atoms with E-state index in [9.17, 15) is 0 Å². The molecule has 7 nitrogen and oxygen atoms in total. The number of halogens is 1. The summed E-state index contributed by atoms with van der Waals surface area (Å²) in [5.41, 5.74) is 11.0. The van der Waals surface area contributed by atoms with Crippen molar-refractivity contribution in [1.29, 1.82) is 0 Å². The first kappa shape index (κ1) is 17.0. The summed E-state index contributed by atoms with van der Waals surface area (Å²) in [5.74, 6) is 1.17. The van der Waals surface area contributed by atoms with Crippen LogP contribution in [-0.4, -0.2) is 49.0 Å². The quantitative estimate of drug-likeness (QED) is 0.819. The van der Waals surface area contributed by atoms with Crippen LogP contribution in [0, 0.1) is 6.92 Å². The first-order valence-electron chi connectivity index (χ1n) is 9.29. The molecule has 27 heavy (non-hydrogen) atoms. The smallest absolute Gasteiger partial charge is 0.222 e. The average molecular weight is 388 g/mol. The first-order chi connectivity index (χ1) is 13.1. The van der Waals surface area contributed by atoms with E-state index in [2.05, 4.69) is 20.2 Å². The van der Waals surface area contributed by atoms with Crippen LogP contribution in [0.1, 0.15) is 23.7 Å². The number of ether oxygens (including phenoxy) is 2. The molecule has 1 atom stereocenters. The van der Waals surface area contributed by atoms with Crippen LogP contribution >= 0.6 is 11.6 Å². The zero-order valence-electron chi connectivity index (χ0n) is 15.2. The van der Waals surface area contributed by atoms with Crippen molar-refractivity contribution in [2.24, 2.45) is 0 Å². The Morgan fingerprint density at radius 1 is 1.19 bits per heavy atom. The van der Waals surface area contributed by atoms with E-state index in [0.29, 0.717) is 31.8 Å². The Hall–Kier alpha value is -2.09. The zero-order valence-corrected chi connectivity index (χ0v) is 15.9. The van der Waals surface area contributed by atoms with Gasteiger partial charge in [0.2, 0.25) is 5.95 Å². The van der Waals surface area contributed by atoms with Crippen molar-refractivity contribution in [2.75, 3.05) is 48.9 Å². The topological polar surface area (TPSA) is 85.5 Å². The number of anilines is 3. The monoisotopic (exact) mass is 387 g/mol. The second-order valence-corrected chi connectivity index (χ2v) is 7.67. The van der Waals surface area contributed by atoms with Crippen molar-refractivity contribution in [3.8, 4) is 11.1 Å². The summed E-state index contributed by atoms with van der Waals surface area (Å²) in [5, 5.41) is 4.34. The van der Waals surface area contributed by atoms with Crippen LogP contribution in [0.5, 0.6) is 0 Å². The number of nitrogens with zero attached hydrogens (tertiary/aromatic N) is 3. The van der Waals surface area contributed by atoms with Gasteiger partial charge in [-0.05, 0) is 25.5 Å². The molecule has 3 aliphatic heterocycles. The Labute approximate surface area is 162 Å². The molecule has 2 saturated heterocycles. The van der Waals surface area contributed by atoms with E-state index in [4.69, 9.17) is 26.8 Å². The maximum atomic E-state index is 6.72. The molecule has 1 unspecified atom stereocenters. The van der Waals surface area contributed by atoms with Gasteiger partial charge in [0.1, 0.15) is 5.82 Å². The summed E-state index contributed by atoms with van der Waals surface area (Å²) in [6, 6.07) is 4.31. The summed E-state index contributed by atoms with van der Waals surface area (Å²) in [6.07, 6.45) is 0.934. The third-order valence-corrected chi connectivity index (χ3v) is 5.80. The van der Waals surface area contributed by atoms with Gasteiger partial charge in [-0.3, -0.25) is 0 Å². The van der Waals surface area contributed by atoms with Crippen molar-refractivity contribution < 1.29 is 9.47 Å². The molecule has 142 valence electrons. The lowest BCUT2D eigenvalue weighted by Gasteiger charge is -2.40. The molecule has 0 radical (unpaired) electrons. The molecule has 5 rings (SSSR count). The number of benzene rings is 1. The fraction of sp³-hybridized carbons (Fsp3) is 0.474. The van der Waals surface area contributed by atoms with E-state index < -0.39 is 0 Å². The molecule has 2 fully saturated rings. The van der Waals surface area contributed by atoms with Gasteiger partial charge >= 0.3 is 0 Å². The van der Waals surface area contributed by atoms with Gasteiger partial charge in [-0.1, -0.05) is 11.6 Å². The molecule has 4 heterocycles. The molecule has 3 aliphatic rings. The molecule has 0 bridgehead atoms. The second-order valence-electron chi connectivity index (χ2n) is 7.27. The van der Waals surface area contributed by atoms with Crippen LogP contribution in [0.3, 0.4) is 0 Å². The number of aromatic nitrogens is 2.